The van der Waals surface area contributed by atoms with E-state index < -0.39 is 12.3 Å². The molecule has 0 aromatic heterocycles. The van der Waals surface area contributed by atoms with Crippen molar-refractivity contribution < 1.29 is 28.5 Å². The molecule has 0 saturated heterocycles. The number of carbonyl (C=O) groups is 2. The van der Waals surface area contributed by atoms with E-state index in [9.17, 15) is 9.59 Å². The van der Waals surface area contributed by atoms with Gasteiger partial charge in [0.05, 0.1) is 28.4 Å². The SMILES string of the molecule is COC(=O)OC.COC(=O)OC. The molecule has 0 spiro atoms. The summed E-state index contributed by atoms with van der Waals surface area (Å²) in [4.78, 5) is 19.5. The summed E-state index contributed by atoms with van der Waals surface area (Å²) in [5.41, 5.74) is 0. The fraction of sp³-hybridized carbons (Fsp3) is 0.667. The summed E-state index contributed by atoms with van der Waals surface area (Å²) in [6, 6.07) is 0. The van der Waals surface area contributed by atoms with Crippen LogP contribution in [0.25, 0.3) is 0 Å². The maximum Gasteiger partial charge on any atom is 0.507 e. The van der Waals surface area contributed by atoms with Crippen molar-refractivity contribution in [1.82, 2.24) is 0 Å². The fourth-order valence-electron chi connectivity index (χ4n) is 0.167. The lowest BCUT2D eigenvalue weighted by atomic mass is 11.3. The Morgan fingerprint density at radius 1 is 0.667 bits per heavy atom. The van der Waals surface area contributed by atoms with Crippen LogP contribution in [0.4, 0.5) is 9.59 Å². The molecule has 0 radical (unpaired) electrons. The van der Waals surface area contributed by atoms with Crippen molar-refractivity contribution in [2.24, 2.45) is 0 Å². The summed E-state index contributed by atoms with van der Waals surface area (Å²) in [6.07, 6.45) is -1.31. The van der Waals surface area contributed by atoms with Gasteiger partial charge in [-0.2, -0.15) is 0 Å². The number of methoxy groups -OCH3 is 4. The molecule has 0 aromatic rings. The Kier molecular flexibility index (Phi) is 10.5. The lowest BCUT2D eigenvalue weighted by Crippen LogP contribution is -1.97. The van der Waals surface area contributed by atoms with Crippen molar-refractivity contribution in [3.05, 3.63) is 0 Å². The molecule has 12 heavy (non-hydrogen) atoms. The van der Waals surface area contributed by atoms with Gasteiger partial charge in [-0.05, 0) is 0 Å². The van der Waals surface area contributed by atoms with Crippen LogP contribution in [-0.2, 0) is 18.9 Å². The number of rotatable bonds is 0. The van der Waals surface area contributed by atoms with E-state index in [0.29, 0.717) is 0 Å². The summed E-state index contributed by atoms with van der Waals surface area (Å²) in [6.45, 7) is 0. The third kappa shape index (κ3) is 11.4. The van der Waals surface area contributed by atoms with Crippen LogP contribution >= 0.6 is 0 Å². The number of hydrogen-bond donors (Lipinski definition) is 0. The summed E-state index contributed by atoms with van der Waals surface area (Å²) < 4.78 is 16.2. The highest BCUT2D eigenvalue weighted by Crippen LogP contribution is 1.72. The molecule has 0 bridgehead atoms. The molecular weight excluding hydrogens is 168 g/mol. The fourth-order valence-corrected chi connectivity index (χ4v) is 0.167. The van der Waals surface area contributed by atoms with Crippen molar-refractivity contribution in [1.29, 1.82) is 0 Å². The molecule has 0 unspecified atom stereocenters. The number of carbonyl (C=O) groups excluding carboxylic acids is 2. The maximum absolute atomic E-state index is 9.74. The highest BCUT2D eigenvalue weighted by Gasteiger charge is 1.89. The van der Waals surface area contributed by atoms with Crippen LogP contribution in [0, 0.1) is 0 Å². The van der Waals surface area contributed by atoms with E-state index in [-0.39, 0.29) is 0 Å². The van der Waals surface area contributed by atoms with E-state index in [2.05, 4.69) is 18.9 Å². The van der Waals surface area contributed by atoms with E-state index in [1.165, 1.54) is 28.4 Å². The predicted molar refractivity (Wildman–Crippen MR) is 38.8 cm³/mol. The summed E-state index contributed by atoms with van der Waals surface area (Å²) in [7, 11) is 5.02. The Morgan fingerprint density at radius 3 is 0.833 bits per heavy atom. The predicted octanol–water partition coefficient (Wildman–Crippen LogP) is 0.798. The average molecular weight is 180 g/mol. The van der Waals surface area contributed by atoms with Crippen molar-refractivity contribution in [3.63, 3.8) is 0 Å². The Morgan fingerprint density at radius 2 is 0.833 bits per heavy atom. The third-order valence-corrected chi connectivity index (χ3v) is 0.667. The Labute approximate surface area is 70.3 Å². The quantitative estimate of drug-likeness (QED) is 0.513. The van der Waals surface area contributed by atoms with E-state index in [1.54, 1.807) is 0 Å². The second-order valence-corrected chi connectivity index (χ2v) is 1.32. The van der Waals surface area contributed by atoms with Crippen LogP contribution in [-0.4, -0.2) is 40.7 Å². The first-order valence-electron chi connectivity index (χ1n) is 2.86. The zero-order valence-electron chi connectivity index (χ0n) is 7.45. The Hall–Kier alpha value is -1.46. The number of hydrogen-bond acceptors (Lipinski definition) is 6. The van der Waals surface area contributed by atoms with Crippen LogP contribution in [0.15, 0.2) is 0 Å². The van der Waals surface area contributed by atoms with Crippen molar-refractivity contribution in [3.8, 4) is 0 Å². The highest BCUT2D eigenvalue weighted by atomic mass is 16.7. The summed E-state index contributed by atoms with van der Waals surface area (Å²) in [5.74, 6) is 0. The molecule has 72 valence electrons. The molecule has 0 atom stereocenters. The lowest BCUT2D eigenvalue weighted by Gasteiger charge is -1.89. The molecule has 0 heterocycles. The van der Waals surface area contributed by atoms with Gasteiger partial charge in [0.25, 0.3) is 0 Å². The smallest absolute Gasteiger partial charge is 0.438 e. The zero-order chi connectivity index (χ0) is 9.98. The first-order valence-corrected chi connectivity index (χ1v) is 2.86. The average Bonchev–Trinajstić information content (AvgIpc) is 2.16. The molecular formula is C6H12O6. The zero-order valence-corrected chi connectivity index (χ0v) is 7.45. The highest BCUT2D eigenvalue weighted by molar-refractivity contribution is 5.59. The second kappa shape index (κ2) is 9.54. The van der Waals surface area contributed by atoms with E-state index in [0.717, 1.165) is 0 Å². The van der Waals surface area contributed by atoms with Crippen LogP contribution in [0.3, 0.4) is 0 Å². The number of ether oxygens (including phenoxy) is 4. The molecule has 0 fully saturated rings. The lowest BCUT2D eigenvalue weighted by molar-refractivity contribution is 0.0915. The van der Waals surface area contributed by atoms with Gasteiger partial charge in [0.1, 0.15) is 0 Å². The molecule has 0 rings (SSSR count). The van der Waals surface area contributed by atoms with Gasteiger partial charge in [-0.1, -0.05) is 0 Å². The largest absolute Gasteiger partial charge is 0.507 e. The first kappa shape index (κ1) is 13.2. The van der Waals surface area contributed by atoms with E-state index in [4.69, 9.17) is 0 Å². The van der Waals surface area contributed by atoms with Crippen molar-refractivity contribution in [2.75, 3.05) is 28.4 Å². The van der Waals surface area contributed by atoms with Crippen LogP contribution in [0.1, 0.15) is 0 Å². The Balaban J connectivity index is 0. The normalized spacial score (nSPS) is 7.00. The molecule has 6 heteroatoms. The van der Waals surface area contributed by atoms with Crippen molar-refractivity contribution >= 4 is 12.3 Å². The van der Waals surface area contributed by atoms with Gasteiger partial charge in [0.2, 0.25) is 0 Å². The van der Waals surface area contributed by atoms with Crippen molar-refractivity contribution in [2.45, 2.75) is 0 Å². The first-order chi connectivity index (χ1) is 5.62. The Bertz CT molecular complexity index is 104. The minimum Gasteiger partial charge on any atom is -0.438 e. The van der Waals surface area contributed by atoms with E-state index in [1.807, 2.05) is 0 Å². The second-order valence-electron chi connectivity index (χ2n) is 1.32. The molecule has 0 aliphatic carbocycles. The monoisotopic (exact) mass is 180 g/mol. The standard InChI is InChI=1S/2C3H6O3/c2*1-5-3(4)6-2/h2*1-2H3. The summed E-state index contributed by atoms with van der Waals surface area (Å²) in [5, 5.41) is 0. The maximum atomic E-state index is 9.74. The van der Waals surface area contributed by atoms with Gasteiger partial charge >= 0.3 is 12.3 Å². The van der Waals surface area contributed by atoms with Gasteiger partial charge < -0.3 is 18.9 Å². The van der Waals surface area contributed by atoms with Gasteiger partial charge in [-0.15, -0.1) is 0 Å². The third-order valence-electron chi connectivity index (χ3n) is 0.667. The molecule has 0 N–H and O–H groups in total. The molecule has 0 aromatic carbocycles. The van der Waals surface area contributed by atoms with Gasteiger partial charge in [0.15, 0.2) is 0 Å². The molecule has 0 amide bonds. The summed E-state index contributed by atoms with van der Waals surface area (Å²) >= 11 is 0. The molecule has 6 nitrogen and oxygen atoms in total. The topological polar surface area (TPSA) is 71.1 Å². The van der Waals surface area contributed by atoms with Crippen LogP contribution in [0.5, 0.6) is 0 Å². The van der Waals surface area contributed by atoms with Gasteiger partial charge in [-0.25, -0.2) is 9.59 Å². The van der Waals surface area contributed by atoms with Gasteiger partial charge in [0, 0.05) is 0 Å². The minimum atomic E-state index is -0.657. The molecule has 0 aliphatic heterocycles. The van der Waals surface area contributed by atoms with Crippen LogP contribution in [0.2, 0.25) is 0 Å². The molecule has 0 saturated carbocycles. The van der Waals surface area contributed by atoms with Crippen LogP contribution < -0.4 is 0 Å². The molecule has 0 aliphatic rings. The minimum absolute atomic E-state index is 0.657. The van der Waals surface area contributed by atoms with Gasteiger partial charge in [-0.3, -0.25) is 0 Å². The van der Waals surface area contributed by atoms with E-state index >= 15 is 0 Å².